The van der Waals surface area contributed by atoms with Crippen molar-refractivity contribution in [2.45, 2.75) is 63.1 Å². The number of para-hydroxylation sites is 1. The standard InChI is InChI=1S/C44H54FN9O3/c1-29-26-54(38-11-10-34(24-36(29)38)53-21-15-41(56)49-43(53)57)33-13-18-50(19-14-33)28-44(45)16-22-51(23-17-44)32-8-6-30(7-9-32)31-12-20-52(27-31)39(42(47)48)25-37(46)35-4-2-3-5-40(35)55/h2-11,24-26,31,33,55H,12-23,27-28,46-48H2,1H3,(H,49,56,57)/b37-25-. The van der Waals surface area contributed by atoms with Crippen LogP contribution in [0.5, 0.6) is 5.75 Å². The number of aromatic nitrogens is 1. The van der Waals surface area contributed by atoms with Crippen LogP contribution in [-0.4, -0.2) is 89.4 Å². The molecule has 3 amide bonds. The minimum absolute atomic E-state index is 0.103. The second-order valence-corrected chi connectivity index (χ2v) is 16.3. The highest BCUT2D eigenvalue weighted by Crippen LogP contribution is 2.37. The summed E-state index contributed by atoms with van der Waals surface area (Å²) in [4.78, 5) is 32.5. The van der Waals surface area contributed by atoms with E-state index in [1.54, 1.807) is 29.2 Å². The first-order valence-electron chi connectivity index (χ1n) is 20.2. The number of rotatable bonds is 9. The Bertz CT molecular complexity index is 2200. The number of piperidine rings is 2. The molecule has 13 heteroatoms. The molecule has 0 radical (unpaired) electrons. The van der Waals surface area contributed by atoms with Crippen LogP contribution in [0.2, 0.25) is 0 Å². The number of halogens is 1. The molecule has 1 atom stereocenters. The van der Waals surface area contributed by atoms with Gasteiger partial charge in [0.15, 0.2) is 0 Å². The molecule has 0 spiro atoms. The van der Waals surface area contributed by atoms with E-state index in [1.807, 2.05) is 18.2 Å². The van der Waals surface area contributed by atoms with Crippen molar-refractivity contribution in [1.82, 2.24) is 19.7 Å². The normalized spacial score (nSPS) is 21.0. The van der Waals surface area contributed by atoms with Crippen molar-refractivity contribution in [3.05, 3.63) is 107 Å². The second-order valence-electron chi connectivity index (χ2n) is 16.3. The first-order valence-corrected chi connectivity index (χ1v) is 20.2. The Labute approximate surface area is 333 Å². The van der Waals surface area contributed by atoms with E-state index >= 15 is 4.39 Å². The predicted octanol–water partition coefficient (Wildman–Crippen LogP) is 5.62. The first kappa shape index (κ1) is 38.2. The molecule has 0 bridgehead atoms. The number of aromatic hydroxyl groups is 1. The van der Waals surface area contributed by atoms with Gasteiger partial charge in [-0.15, -0.1) is 0 Å². The van der Waals surface area contributed by atoms with Crippen molar-refractivity contribution in [2.75, 3.05) is 62.2 Å². The number of carbonyl (C=O) groups is 2. The zero-order valence-corrected chi connectivity index (χ0v) is 32.7. The molecule has 1 unspecified atom stereocenters. The number of hydrogen-bond donors (Lipinski definition) is 5. The molecule has 8 N–H and O–H groups in total. The van der Waals surface area contributed by atoms with Gasteiger partial charge < -0.3 is 41.6 Å². The van der Waals surface area contributed by atoms with Gasteiger partial charge >= 0.3 is 6.03 Å². The number of amides is 3. The van der Waals surface area contributed by atoms with Gasteiger partial charge in [-0.05, 0) is 85.9 Å². The molecule has 4 aliphatic heterocycles. The van der Waals surface area contributed by atoms with Crippen molar-refractivity contribution in [3.8, 4) is 5.75 Å². The molecule has 4 aliphatic rings. The third-order valence-corrected chi connectivity index (χ3v) is 12.6. The van der Waals surface area contributed by atoms with E-state index in [2.05, 4.69) is 68.0 Å². The second kappa shape index (κ2) is 15.7. The van der Waals surface area contributed by atoms with Crippen LogP contribution in [0.15, 0.2) is 90.5 Å². The molecule has 300 valence electrons. The fourth-order valence-electron chi connectivity index (χ4n) is 9.28. The number of benzene rings is 3. The van der Waals surface area contributed by atoms with Crippen LogP contribution >= 0.6 is 0 Å². The van der Waals surface area contributed by atoms with Gasteiger partial charge in [-0.2, -0.15) is 0 Å². The van der Waals surface area contributed by atoms with E-state index in [-0.39, 0.29) is 23.5 Å². The largest absolute Gasteiger partial charge is 0.507 e. The molecule has 5 heterocycles. The maximum atomic E-state index is 16.4. The highest BCUT2D eigenvalue weighted by atomic mass is 19.1. The number of nitrogens with two attached hydrogens (primary N) is 3. The minimum Gasteiger partial charge on any atom is -0.507 e. The third-order valence-electron chi connectivity index (χ3n) is 12.6. The average molecular weight is 776 g/mol. The smallest absolute Gasteiger partial charge is 0.328 e. The van der Waals surface area contributed by atoms with Gasteiger partial charge in [-0.3, -0.25) is 15.0 Å². The Morgan fingerprint density at radius 3 is 2.33 bits per heavy atom. The number of alkyl halides is 1. The molecule has 0 saturated carbocycles. The minimum atomic E-state index is -1.21. The van der Waals surface area contributed by atoms with Crippen molar-refractivity contribution < 1.29 is 19.1 Å². The first-order chi connectivity index (χ1) is 27.4. The van der Waals surface area contributed by atoms with Crippen LogP contribution in [-0.2, 0) is 4.79 Å². The van der Waals surface area contributed by atoms with Crippen LogP contribution in [0.4, 0.5) is 20.6 Å². The Balaban J connectivity index is 0.823. The van der Waals surface area contributed by atoms with Gasteiger partial charge in [-0.25, -0.2) is 9.18 Å². The summed E-state index contributed by atoms with van der Waals surface area (Å²) in [5, 5.41) is 13.8. The summed E-state index contributed by atoms with van der Waals surface area (Å²) in [6, 6.07) is 21.7. The summed E-state index contributed by atoms with van der Waals surface area (Å²) in [6.45, 7) is 7.55. The quantitative estimate of drug-likeness (QED) is 0.136. The number of allylic oxidation sites excluding steroid dienone is 1. The molecule has 0 aliphatic carbocycles. The fourth-order valence-corrected chi connectivity index (χ4v) is 9.28. The maximum Gasteiger partial charge on any atom is 0.328 e. The molecule has 4 saturated heterocycles. The third kappa shape index (κ3) is 7.98. The van der Waals surface area contributed by atoms with E-state index in [9.17, 15) is 14.7 Å². The number of urea groups is 1. The van der Waals surface area contributed by atoms with Crippen molar-refractivity contribution in [2.24, 2.45) is 17.2 Å². The van der Waals surface area contributed by atoms with E-state index in [0.717, 1.165) is 73.3 Å². The lowest BCUT2D eigenvalue weighted by Crippen LogP contribution is -2.50. The number of likely N-dealkylation sites (tertiary alicyclic amines) is 2. The summed E-state index contributed by atoms with van der Waals surface area (Å²) in [6.07, 6.45) is 8.11. The van der Waals surface area contributed by atoms with Crippen molar-refractivity contribution >= 4 is 39.9 Å². The van der Waals surface area contributed by atoms with Crippen LogP contribution in [0.1, 0.15) is 67.2 Å². The van der Waals surface area contributed by atoms with Gasteiger partial charge in [0.1, 0.15) is 17.2 Å². The van der Waals surface area contributed by atoms with Crippen molar-refractivity contribution in [3.63, 3.8) is 0 Å². The number of phenolic OH excluding ortho intramolecular Hbond substituents is 1. The van der Waals surface area contributed by atoms with Gasteiger partial charge in [0.2, 0.25) is 5.91 Å². The SMILES string of the molecule is Cc1cn(C2CCN(CC3(F)CCN(c4ccc(C5CCN(C(/C=C(\N)c6ccccc6O)=C(N)N)C5)cc4)CC3)CC2)c2ccc(N3CCC(=O)NC3=O)cc12. The number of fused-ring (bicyclic) bond motifs is 1. The zero-order valence-electron chi connectivity index (χ0n) is 32.7. The summed E-state index contributed by atoms with van der Waals surface area (Å²) in [7, 11) is 0. The number of nitrogens with one attached hydrogen (secondary N) is 1. The number of aryl methyl sites for hydroxylation is 1. The Morgan fingerprint density at radius 2 is 1.63 bits per heavy atom. The highest BCUT2D eigenvalue weighted by molar-refractivity contribution is 6.06. The van der Waals surface area contributed by atoms with Gasteiger partial charge in [0.25, 0.3) is 0 Å². The Morgan fingerprint density at radius 1 is 0.912 bits per heavy atom. The van der Waals surface area contributed by atoms with Crippen molar-refractivity contribution in [1.29, 1.82) is 0 Å². The number of nitrogens with zero attached hydrogens (tertiary/aromatic N) is 5. The number of phenols is 1. The molecule has 4 aromatic rings. The maximum absolute atomic E-state index is 16.4. The summed E-state index contributed by atoms with van der Waals surface area (Å²) in [5.41, 5.74) is 24.4. The van der Waals surface area contributed by atoms with E-state index in [1.165, 1.54) is 5.56 Å². The number of anilines is 2. The number of imide groups is 1. The number of hydrogen-bond acceptors (Lipinski definition) is 9. The lowest BCUT2D eigenvalue weighted by atomic mass is 9.91. The van der Waals surface area contributed by atoms with Crippen LogP contribution < -0.4 is 32.3 Å². The molecular formula is C44H54FN9O3. The van der Waals surface area contributed by atoms with Gasteiger partial charge in [0.05, 0.1) is 5.70 Å². The molecule has 12 nitrogen and oxygen atoms in total. The van der Waals surface area contributed by atoms with E-state index in [4.69, 9.17) is 17.2 Å². The molecule has 3 aromatic carbocycles. The average Bonchev–Trinajstić information content (AvgIpc) is 3.82. The Kier molecular flexibility index (Phi) is 10.5. The van der Waals surface area contributed by atoms with Gasteiger partial charge in [-0.1, -0.05) is 24.3 Å². The molecule has 57 heavy (non-hydrogen) atoms. The van der Waals surface area contributed by atoms with Crippen LogP contribution in [0, 0.1) is 6.92 Å². The van der Waals surface area contributed by atoms with Gasteiger partial charge in [0, 0.05) is 123 Å². The zero-order chi connectivity index (χ0) is 39.8. The van der Waals surface area contributed by atoms with E-state index < -0.39 is 5.67 Å². The number of carbonyl (C=O) groups excluding carboxylic acids is 2. The molecule has 1 aromatic heterocycles. The molecule has 8 rings (SSSR count). The highest BCUT2D eigenvalue weighted by Gasteiger charge is 2.38. The van der Waals surface area contributed by atoms with Crippen LogP contribution in [0.25, 0.3) is 16.6 Å². The monoisotopic (exact) mass is 775 g/mol. The molecule has 4 fully saturated rings. The molecular weight excluding hydrogens is 722 g/mol. The summed E-state index contributed by atoms with van der Waals surface area (Å²) >= 11 is 0. The lowest BCUT2D eigenvalue weighted by molar-refractivity contribution is -0.120. The Hall–Kier alpha value is -5.69. The predicted molar refractivity (Wildman–Crippen MR) is 223 cm³/mol. The fraction of sp³-hybridized carbons (Fsp3) is 0.409. The summed E-state index contributed by atoms with van der Waals surface area (Å²) in [5.74, 6) is 0.351. The van der Waals surface area contributed by atoms with E-state index in [0.29, 0.717) is 74.4 Å². The lowest BCUT2D eigenvalue weighted by Gasteiger charge is -2.42. The van der Waals surface area contributed by atoms with Crippen LogP contribution in [0.3, 0.4) is 0 Å². The topological polar surface area (TPSA) is 162 Å². The summed E-state index contributed by atoms with van der Waals surface area (Å²) < 4.78 is 18.7.